The monoisotopic (exact) mass is 878 g/mol. The molecule has 0 aromatic heterocycles. The second-order valence-electron chi connectivity index (χ2n) is 15.0. The summed E-state index contributed by atoms with van der Waals surface area (Å²) in [7, 11) is 0. The van der Waals surface area contributed by atoms with Gasteiger partial charge in [-0.2, -0.15) is 0 Å². The van der Waals surface area contributed by atoms with Gasteiger partial charge in [0.2, 0.25) is 11.8 Å². The second-order valence-corrected chi connectivity index (χ2v) is 15.0. The molecule has 0 aliphatic rings. The predicted molar refractivity (Wildman–Crippen MR) is 225 cm³/mol. The zero-order valence-corrected chi connectivity index (χ0v) is 36.3. The Bertz CT molecular complexity index is 1730. The third-order valence-corrected chi connectivity index (χ3v) is 10.3. The summed E-state index contributed by atoms with van der Waals surface area (Å²) in [6.45, 7) is 5.94. The minimum absolute atomic E-state index is 0.0213. The number of nitrogens with one attached hydrogen (secondary N) is 4. The summed E-state index contributed by atoms with van der Waals surface area (Å²) in [6.07, 6.45) is -6.90. The second kappa shape index (κ2) is 23.9. The molecule has 0 bridgehead atoms. The predicted octanol–water partition coefficient (Wildman–Crippen LogP) is -3.36. The molecule has 0 saturated carbocycles. The van der Waals surface area contributed by atoms with Gasteiger partial charge < -0.3 is 77.0 Å². The summed E-state index contributed by atoms with van der Waals surface area (Å²) in [4.78, 5) is 83.9. The van der Waals surface area contributed by atoms with Crippen LogP contribution in [0.25, 0.3) is 0 Å². The molecular weight excluding hydrogens is 816 g/mol. The molecule has 0 aliphatic carbocycles. The molecule has 0 aliphatic heterocycles. The Kier molecular flexibility index (Phi) is 20.5. The van der Waals surface area contributed by atoms with Gasteiger partial charge in [0.1, 0.15) is 0 Å². The summed E-state index contributed by atoms with van der Waals surface area (Å²) in [6, 6.07) is 0. The zero-order valence-electron chi connectivity index (χ0n) is 36.3. The van der Waals surface area contributed by atoms with Crippen molar-refractivity contribution in [1.29, 1.82) is 0 Å². The number of carbonyl (C=O) groups excluding carboxylic acids is 6. The van der Waals surface area contributed by atoms with Crippen LogP contribution in [0.3, 0.4) is 0 Å². The fourth-order valence-corrected chi connectivity index (χ4v) is 7.27. The van der Waals surface area contributed by atoms with Crippen molar-refractivity contribution in [3.05, 3.63) is 55.6 Å². The van der Waals surface area contributed by atoms with Gasteiger partial charge in [0.25, 0.3) is 23.6 Å². The maximum Gasteiger partial charge on any atom is 0.252 e. The number of rotatable bonds is 22. The van der Waals surface area contributed by atoms with Crippen molar-refractivity contribution in [2.75, 3.05) is 75.5 Å². The maximum absolute atomic E-state index is 13.7. The van der Waals surface area contributed by atoms with Crippen LogP contribution in [0.2, 0.25) is 0 Å². The van der Waals surface area contributed by atoms with Gasteiger partial charge in [-0.3, -0.25) is 28.8 Å². The molecule has 13 N–H and O–H groups in total. The average Bonchev–Trinajstić information content (AvgIpc) is 3.21. The lowest BCUT2D eigenvalue weighted by Gasteiger charge is -2.33. The molecule has 4 atom stereocenters. The first kappa shape index (κ1) is 53.0. The number of hydrogen-bond donors (Lipinski definition) is 13. The molecular formula is C41H62N6O15. The van der Waals surface area contributed by atoms with Crippen LogP contribution in [0.15, 0.2) is 0 Å². The Hall–Kier alpha value is -5.10. The van der Waals surface area contributed by atoms with Gasteiger partial charge in [-0.15, -0.1) is 0 Å². The summed E-state index contributed by atoms with van der Waals surface area (Å²) in [5.41, 5.74) is 0.655. The standard InChI is InChI=1S/C41H62N6O15/c1-19-32(38(59)42-9-27(54)15-48)21(3)36(22(4)33(19)39(60)43-10-28(55)16-49)46(25(7)52)13-31(58)14-47(26(8)53)37-23(5)34(40(61)44-11-29(56)17-50)20(2)35(24(37)6)41(62)45-12-30(57)18-51/h27-31,48-51,54-58H,9-18H2,1-8H3,(H,42,59)(H,43,60)(H,44,61)(H,45,62). The lowest BCUT2D eigenvalue weighted by molar-refractivity contribution is -0.117. The molecule has 2 aromatic carbocycles. The molecule has 2 aromatic rings. The fraction of sp³-hybridized carbons (Fsp3) is 0.561. The fourth-order valence-electron chi connectivity index (χ4n) is 7.27. The van der Waals surface area contributed by atoms with E-state index in [0.717, 1.165) is 23.6 Å². The van der Waals surface area contributed by atoms with Crippen molar-refractivity contribution < 1.29 is 74.7 Å². The lowest BCUT2D eigenvalue weighted by Crippen LogP contribution is -2.45. The summed E-state index contributed by atoms with van der Waals surface area (Å²) in [5.74, 6) is -4.49. The molecule has 6 amide bonds. The number of nitrogens with zero attached hydrogens (tertiary/aromatic N) is 2. The van der Waals surface area contributed by atoms with Crippen LogP contribution in [-0.2, 0) is 9.59 Å². The van der Waals surface area contributed by atoms with Gasteiger partial charge in [-0.05, 0) is 74.9 Å². The van der Waals surface area contributed by atoms with E-state index in [2.05, 4.69) is 21.3 Å². The van der Waals surface area contributed by atoms with Crippen LogP contribution in [0.5, 0.6) is 0 Å². The molecule has 4 unspecified atom stereocenters. The summed E-state index contributed by atoms with van der Waals surface area (Å²) in [5, 5.41) is 98.6. The van der Waals surface area contributed by atoms with Gasteiger partial charge in [0, 0.05) is 62.3 Å². The molecule has 2 rings (SSSR count). The highest BCUT2D eigenvalue weighted by Gasteiger charge is 2.33. The van der Waals surface area contributed by atoms with Crippen LogP contribution in [0.1, 0.15) is 88.7 Å². The van der Waals surface area contributed by atoms with Crippen molar-refractivity contribution in [3.63, 3.8) is 0 Å². The quantitative estimate of drug-likeness (QED) is 0.0549. The minimum atomic E-state index is -1.61. The van der Waals surface area contributed by atoms with Crippen molar-refractivity contribution >= 4 is 46.8 Å². The molecule has 0 spiro atoms. The molecule has 0 saturated heterocycles. The number of carbonyl (C=O) groups is 6. The molecule has 0 fully saturated rings. The van der Waals surface area contributed by atoms with Crippen LogP contribution in [0, 0.1) is 41.5 Å². The van der Waals surface area contributed by atoms with Gasteiger partial charge >= 0.3 is 0 Å². The van der Waals surface area contributed by atoms with E-state index in [-0.39, 0.29) is 93.2 Å². The lowest BCUT2D eigenvalue weighted by atomic mass is 9.89. The Labute approximate surface area is 359 Å². The topological polar surface area (TPSA) is 339 Å². The largest absolute Gasteiger partial charge is 0.394 e. The van der Waals surface area contributed by atoms with E-state index in [4.69, 9.17) is 0 Å². The summed E-state index contributed by atoms with van der Waals surface area (Å²) >= 11 is 0. The maximum atomic E-state index is 13.7. The average molecular weight is 879 g/mol. The van der Waals surface area contributed by atoms with Gasteiger partial charge in [-0.25, -0.2) is 0 Å². The molecule has 62 heavy (non-hydrogen) atoms. The van der Waals surface area contributed by atoms with Crippen molar-refractivity contribution in [2.45, 2.75) is 85.9 Å². The number of hydrogen-bond acceptors (Lipinski definition) is 15. The number of amides is 6. The van der Waals surface area contributed by atoms with Crippen LogP contribution < -0.4 is 31.1 Å². The van der Waals surface area contributed by atoms with Crippen molar-refractivity contribution in [2.24, 2.45) is 0 Å². The molecule has 0 radical (unpaired) electrons. The Morgan fingerprint density at radius 2 is 0.613 bits per heavy atom. The minimum Gasteiger partial charge on any atom is -0.394 e. The van der Waals surface area contributed by atoms with Gasteiger partial charge in [0.05, 0.1) is 81.4 Å². The number of aliphatic hydroxyl groups is 9. The number of anilines is 2. The molecule has 21 heteroatoms. The third kappa shape index (κ3) is 13.0. The highest BCUT2D eigenvalue weighted by Crippen LogP contribution is 2.37. The van der Waals surface area contributed by atoms with E-state index in [0.29, 0.717) is 0 Å². The van der Waals surface area contributed by atoms with E-state index in [1.54, 1.807) is 0 Å². The van der Waals surface area contributed by atoms with Crippen molar-refractivity contribution in [1.82, 2.24) is 21.3 Å². The van der Waals surface area contributed by atoms with E-state index in [1.165, 1.54) is 41.5 Å². The Morgan fingerprint density at radius 3 is 0.790 bits per heavy atom. The highest BCUT2D eigenvalue weighted by atomic mass is 16.3. The zero-order chi connectivity index (χ0) is 47.3. The molecule has 0 heterocycles. The van der Waals surface area contributed by atoms with Crippen LogP contribution in [-0.4, -0.2) is 178 Å². The van der Waals surface area contributed by atoms with E-state index in [1.807, 2.05) is 0 Å². The highest BCUT2D eigenvalue weighted by molar-refractivity contribution is 6.09. The van der Waals surface area contributed by atoms with Gasteiger partial charge in [-0.1, -0.05) is 0 Å². The summed E-state index contributed by atoms with van der Waals surface area (Å²) < 4.78 is 0. The van der Waals surface area contributed by atoms with Crippen LogP contribution >= 0.6 is 0 Å². The van der Waals surface area contributed by atoms with Crippen LogP contribution in [0.4, 0.5) is 11.4 Å². The Morgan fingerprint density at radius 1 is 0.403 bits per heavy atom. The first-order valence-electron chi connectivity index (χ1n) is 19.8. The smallest absolute Gasteiger partial charge is 0.252 e. The van der Waals surface area contributed by atoms with E-state index >= 15 is 0 Å². The molecule has 346 valence electrons. The third-order valence-electron chi connectivity index (χ3n) is 10.3. The Balaban J connectivity index is 2.84. The first-order valence-corrected chi connectivity index (χ1v) is 19.8. The van der Waals surface area contributed by atoms with E-state index in [9.17, 15) is 74.7 Å². The SMILES string of the molecule is CC(=O)N(CC(O)CN(C(C)=O)c1c(C)c(C(=O)NCC(O)CO)c(C)c(C(=O)NCC(O)CO)c1C)c1c(C)c(C(=O)NCC(O)CO)c(C)c(C(=O)NCC(O)CO)c1C. The number of aliphatic hydroxyl groups excluding tert-OH is 9. The molecule has 21 nitrogen and oxygen atoms in total. The van der Waals surface area contributed by atoms with Crippen molar-refractivity contribution in [3.8, 4) is 0 Å². The normalized spacial score (nSPS) is 13.6. The van der Waals surface area contributed by atoms with Gasteiger partial charge in [0.15, 0.2) is 0 Å². The first-order chi connectivity index (χ1) is 29.0. The number of benzene rings is 2. The van der Waals surface area contributed by atoms with E-state index < -0.39 is 105 Å².